The summed E-state index contributed by atoms with van der Waals surface area (Å²) in [5.74, 6) is 0.951. The first-order chi connectivity index (χ1) is 13.6. The molecule has 0 unspecified atom stereocenters. The molecule has 3 aromatic rings. The van der Waals surface area contributed by atoms with Gasteiger partial charge in [-0.05, 0) is 41.0 Å². The van der Waals surface area contributed by atoms with Crippen molar-refractivity contribution in [3.05, 3.63) is 70.7 Å². The molecule has 0 aliphatic heterocycles. The molecule has 0 saturated carbocycles. The van der Waals surface area contributed by atoms with Crippen molar-refractivity contribution in [1.29, 1.82) is 0 Å². The smallest absolute Gasteiger partial charge is 0.332 e. The fourth-order valence-corrected chi connectivity index (χ4v) is 3.08. The van der Waals surface area contributed by atoms with Crippen molar-refractivity contribution in [2.45, 2.75) is 13.5 Å². The van der Waals surface area contributed by atoms with Crippen molar-refractivity contribution >= 4 is 34.6 Å². The van der Waals surface area contributed by atoms with Gasteiger partial charge < -0.3 is 15.2 Å². The lowest BCUT2D eigenvalue weighted by Gasteiger charge is -2.15. The number of carbonyl (C=O) groups is 1. The van der Waals surface area contributed by atoms with Crippen LogP contribution in [0.3, 0.4) is 0 Å². The maximum atomic E-state index is 10.7. The highest BCUT2D eigenvalue weighted by atomic mass is 35.5. The summed E-state index contributed by atoms with van der Waals surface area (Å²) in [6.07, 6.45) is 1.42. The number of ether oxygens (including phenoxy) is 2. The molecule has 0 aromatic heterocycles. The Morgan fingerprint density at radius 2 is 1.96 bits per heavy atom. The van der Waals surface area contributed by atoms with Crippen LogP contribution in [0, 0.1) is 0 Å². The molecule has 0 atom stereocenters. The molecule has 0 aliphatic rings. The predicted molar refractivity (Wildman–Crippen MR) is 111 cm³/mol. The third-order valence-corrected chi connectivity index (χ3v) is 4.25. The minimum absolute atomic E-state index is 0.345. The van der Waals surface area contributed by atoms with Gasteiger partial charge in [-0.25, -0.2) is 10.2 Å². The van der Waals surface area contributed by atoms with E-state index < -0.39 is 6.03 Å². The lowest BCUT2D eigenvalue weighted by atomic mass is 10.1. The zero-order valence-corrected chi connectivity index (χ0v) is 16.1. The SMILES string of the molecule is CCOc1cc(/C=N\NC(N)=O)cc(Cl)c1OCc1cccc2ccccc12. The number of hydrogen-bond donors (Lipinski definition) is 2. The van der Waals surface area contributed by atoms with Crippen LogP contribution in [0.1, 0.15) is 18.1 Å². The fraction of sp³-hybridized carbons (Fsp3) is 0.143. The number of halogens is 1. The van der Waals surface area contributed by atoms with Crippen molar-refractivity contribution in [1.82, 2.24) is 5.43 Å². The number of hydrazone groups is 1. The van der Waals surface area contributed by atoms with E-state index in [4.69, 9.17) is 26.8 Å². The molecule has 0 spiro atoms. The second-order valence-electron chi connectivity index (χ2n) is 5.92. The molecule has 0 bridgehead atoms. The molecule has 6 nitrogen and oxygen atoms in total. The average molecular weight is 398 g/mol. The number of fused-ring (bicyclic) bond motifs is 1. The van der Waals surface area contributed by atoms with Gasteiger partial charge in [0, 0.05) is 0 Å². The summed E-state index contributed by atoms with van der Waals surface area (Å²) in [6, 6.07) is 16.9. The van der Waals surface area contributed by atoms with E-state index in [0.717, 1.165) is 16.3 Å². The Hall–Kier alpha value is -3.25. The number of rotatable bonds is 7. The lowest BCUT2D eigenvalue weighted by molar-refractivity contribution is 0.249. The molecule has 0 heterocycles. The van der Waals surface area contributed by atoms with Crippen molar-refractivity contribution in [2.24, 2.45) is 10.8 Å². The van der Waals surface area contributed by atoms with Crippen LogP contribution in [0.25, 0.3) is 10.8 Å². The van der Waals surface area contributed by atoms with Gasteiger partial charge in [0.2, 0.25) is 0 Å². The molecular weight excluding hydrogens is 378 g/mol. The molecule has 0 radical (unpaired) electrons. The Balaban J connectivity index is 1.86. The number of hydrogen-bond acceptors (Lipinski definition) is 4. The molecule has 2 amide bonds. The number of primary amides is 1. The fourth-order valence-electron chi connectivity index (χ4n) is 2.80. The molecule has 0 fully saturated rings. The molecular formula is C21H20ClN3O3. The Morgan fingerprint density at radius 3 is 2.75 bits per heavy atom. The molecule has 3 rings (SSSR count). The van der Waals surface area contributed by atoms with E-state index in [1.807, 2.05) is 31.2 Å². The van der Waals surface area contributed by atoms with Crippen LogP contribution >= 0.6 is 11.6 Å². The quantitative estimate of drug-likeness (QED) is 0.455. The molecule has 28 heavy (non-hydrogen) atoms. The Kier molecular flexibility index (Phi) is 6.34. The number of benzene rings is 3. The summed E-state index contributed by atoms with van der Waals surface area (Å²) in [6.45, 7) is 2.66. The third kappa shape index (κ3) is 4.72. The molecule has 144 valence electrons. The summed E-state index contributed by atoms with van der Waals surface area (Å²) in [7, 11) is 0. The Morgan fingerprint density at radius 1 is 1.18 bits per heavy atom. The van der Waals surface area contributed by atoms with E-state index in [9.17, 15) is 4.79 Å². The summed E-state index contributed by atoms with van der Waals surface area (Å²) in [5, 5.41) is 6.39. The number of nitrogens with one attached hydrogen (secondary N) is 1. The normalized spacial score (nSPS) is 10.9. The van der Waals surface area contributed by atoms with Gasteiger partial charge in [0.15, 0.2) is 11.5 Å². The van der Waals surface area contributed by atoms with Crippen LogP contribution in [0.2, 0.25) is 5.02 Å². The maximum Gasteiger partial charge on any atom is 0.332 e. The predicted octanol–water partition coefficient (Wildman–Crippen LogP) is 4.47. The van der Waals surface area contributed by atoms with Crippen LogP contribution in [-0.4, -0.2) is 18.9 Å². The molecule has 0 saturated heterocycles. The largest absolute Gasteiger partial charge is 0.490 e. The zero-order valence-electron chi connectivity index (χ0n) is 15.3. The second kappa shape index (κ2) is 9.10. The van der Waals surface area contributed by atoms with Gasteiger partial charge in [0.25, 0.3) is 0 Å². The standard InChI is InChI=1S/C21H20ClN3O3/c1-2-27-19-11-14(12-24-25-21(23)26)10-18(22)20(19)28-13-16-8-5-7-15-6-3-4-9-17(15)16/h3-12H,2,13H2,1H3,(H3,23,25,26)/b24-12-. The Labute approximate surface area is 167 Å². The highest BCUT2D eigenvalue weighted by Gasteiger charge is 2.13. The van der Waals surface area contributed by atoms with E-state index >= 15 is 0 Å². The number of amides is 2. The lowest BCUT2D eigenvalue weighted by Crippen LogP contribution is -2.24. The zero-order chi connectivity index (χ0) is 19.9. The van der Waals surface area contributed by atoms with Crippen molar-refractivity contribution in [3.63, 3.8) is 0 Å². The first-order valence-electron chi connectivity index (χ1n) is 8.72. The van der Waals surface area contributed by atoms with E-state index in [-0.39, 0.29) is 0 Å². The van der Waals surface area contributed by atoms with Crippen LogP contribution in [0.5, 0.6) is 11.5 Å². The highest BCUT2D eigenvalue weighted by Crippen LogP contribution is 2.37. The Bertz CT molecular complexity index is 1020. The summed E-state index contributed by atoms with van der Waals surface area (Å²) in [4.78, 5) is 10.7. The number of carbonyl (C=O) groups excluding carboxylic acids is 1. The second-order valence-corrected chi connectivity index (χ2v) is 6.33. The minimum atomic E-state index is -0.748. The molecule has 3 aromatic carbocycles. The van der Waals surface area contributed by atoms with Gasteiger partial charge in [0.05, 0.1) is 17.8 Å². The monoisotopic (exact) mass is 397 g/mol. The number of nitrogens with two attached hydrogens (primary N) is 1. The van der Waals surface area contributed by atoms with E-state index in [0.29, 0.717) is 35.3 Å². The van der Waals surface area contributed by atoms with E-state index in [1.54, 1.807) is 12.1 Å². The highest BCUT2D eigenvalue weighted by molar-refractivity contribution is 6.32. The van der Waals surface area contributed by atoms with Crippen LogP contribution < -0.4 is 20.6 Å². The van der Waals surface area contributed by atoms with Crippen molar-refractivity contribution in [2.75, 3.05) is 6.61 Å². The van der Waals surface area contributed by atoms with Crippen LogP contribution in [-0.2, 0) is 6.61 Å². The number of urea groups is 1. The van der Waals surface area contributed by atoms with Gasteiger partial charge in [-0.3, -0.25) is 0 Å². The topological polar surface area (TPSA) is 85.9 Å². The van der Waals surface area contributed by atoms with Crippen molar-refractivity contribution in [3.8, 4) is 11.5 Å². The maximum absolute atomic E-state index is 10.7. The first kappa shape index (κ1) is 19.5. The van der Waals surface area contributed by atoms with Crippen molar-refractivity contribution < 1.29 is 14.3 Å². The van der Waals surface area contributed by atoms with Gasteiger partial charge in [-0.2, -0.15) is 5.10 Å². The first-order valence-corrected chi connectivity index (χ1v) is 9.10. The van der Waals surface area contributed by atoms with Gasteiger partial charge in [-0.15, -0.1) is 0 Å². The third-order valence-electron chi connectivity index (χ3n) is 3.97. The van der Waals surface area contributed by atoms with E-state index in [1.165, 1.54) is 6.21 Å². The van der Waals surface area contributed by atoms with Gasteiger partial charge >= 0.3 is 6.03 Å². The minimum Gasteiger partial charge on any atom is -0.490 e. The summed E-state index contributed by atoms with van der Waals surface area (Å²) >= 11 is 6.42. The number of nitrogens with zero attached hydrogens (tertiary/aromatic N) is 1. The van der Waals surface area contributed by atoms with Crippen LogP contribution in [0.15, 0.2) is 59.7 Å². The molecule has 0 aliphatic carbocycles. The van der Waals surface area contributed by atoms with Crippen LogP contribution in [0.4, 0.5) is 4.79 Å². The molecule has 3 N–H and O–H groups in total. The molecule has 7 heteroatoms. The van der Waals surface area contributed by atoms with E-state index in [2.05, 4.69) is 28.7 Å². The van der Waals surface area contributed by atoms with Gasteiger partial charge in [-0.1, -0.05) is 54.1 Å². The van der Waals surface area contributed by atoms with Gasteiger partial charge in [0.1, 0.15) is 6.61 Å². The summed E-state index contributed by atoms with van der Waals surface area (Å²) in [5.41, 5.74) is 8.81. The summed E-state index contributed by atoms with van der Waals surface area (Å²) < 4.78 is 11.7. The average Bonchev–Trinajstić information content (AvgIpc) is 2.67.